The molecule has 1 aliphatic heterocycles. The van der Waals surface area contributed by atoms with Gasteiger partial charge in [-0.25, -0.2) is 0 Å². The van der Waals surface area contributed by atoms with E-state index in [4.69, 9.17) is 15.6 Å². The fraction of sp³-hybridized carbons (Fsp3) is 0.167. The van der Waals surface area contributed by atoms with Crippen molar-refractivity contribution in [3.63, 3.8) is 0 Å². The minimum atomic E-state index is 0.221. The summed E-state index contributed by atoms with van der Waals surface area (Å²) < 4.78 is 6.35. The number of anilines is 1. The van der Waals surface area contributed by atoms with Crippen molar-refractivity contribution in [2.24, 2.45) is 4.99 Å². The number of amidine groups is 2. The molecule has 1 aliphatic rings. The van der Waals surface area contributed by atoms with Gasteiger partial charge in [-0.05, 0) is 37.3 Å². The SMILES string of the molecule is COc1ccc2c(c1)C(c1ccc(Br)cc1)=NCC(=N)N2C(C)=N. The number of benzodiazepines with no additional fused rings is 1. The number of methoxy groups -OCH3 is 1. The number of nitrogens with zero attached hydrogens (tertiary/aromatic N) is 2. The van der Waals surface area contributed by atoms with Gasteiger partial charge in [0.1, 0.15) is 17.4 Å². The first-order chi connectivity index (χ1) is 11.5. The molecule has 0 atom stereocenters. The minimum Gasteiger partial charge on any atom is -0.497 e. The fourth-order valence-corrected chi connectivity index (χ4v) is 2.98. The number of halogens is 1. The molecule has 0 fully saturated rings. The molecule has 2 N–H and O–H groups in total. The van der Waals surface area contributed by atoms with Gasteiger partial charge in [-0.1, -0.05) is 28.1 Å². The van der Waals surface area contributed by atoms with E-state index in [1.54, 1.807) is 18.9 Å². The van der Waals surface area contributed by atoms with E-state index in [9.17, 15) is 0 Å². The van der Waals surface area contributed by atoms with Crippen LogP contribution in [0, 0.1) is 10.8 Å². The van der Waals surface area contributed by atoms with Crippen molar-refractivity contribution < 1.29 is 4.74 Å². The van der Waals surface area contributed by atoms with Crippen LogP contribution < -0.4 is 9.64 Å². The lowest BCUT2D eigenvalue weighted by atomic mass is 10.00. The van der Waals surface area contributed by atoms with Crippen molar-refractivity contribution in [2.75, 3.05) is 18.6 Å². The minimum absolute atomic E-state index is 0.221. The van der Waals surface area contributed by atoms with Crippen LogP contribution >= 0.6 is 15.9 Å². The van der Waals surface area contributed by atoms with E-state index in [1.165, 1.54) is 0 Å². The Morgan fingerprint density at radius 1 is 1.21 bits per heavy atom. The van der Waals surface area contributed by atoms with Crippen LogP contribution in [0.3, 0.4) is 0 Å². The van der Waals surface area contributed by atoms with E-state index >= 15 is 0 Å². The molecule has 2 aromatic rings. The van der Waals surface area contributed by atoms with Gasteiger partial charge in [-0.3, -0.25) is 20.7 Å². The molecule has 0 spiro atoms. The topological polar surface area (TPSA) is 72.5 Å². The molecule has 2 aromatic carbocycles. The van der Waals surface area contributed by atoms with E-state index < -0.39 is 0 Å². The highest BCUT2D eigenvalue weighted by atomic mass is 79.9. The van der Waals surface area contributed by atoms with Gasteiger partial charge in [-0.15, -0.1) is 0 Å². The monoisotopic (exact) mass is 384 g/mol. The summed E-state index contributed by atoms with van der Waals surface area (Å²) in [6.07, 6.45) is 0. The summed E-state index contributed by atoms with van der Waals surface area (Å²) in [5.74, 6) is 1.29. The van der Waals surface area contributed by atoms with Crippen molar-refractivity contribution in [3.8, 4) is 5.75 Å². The maximum Gasteiger partial charge on any atom is 0.128 e. The smallest absolute Gasteiger partial charge is 0.128 e. The molecule has 24 heavy (non-hydrogen) atoms. The predicted octanol–water partition coefficient (Wildman–Crippen LogP) is 4.09. The highest BCUT2D eigenvalue weighted by molar-refractivity contribution is 9.10. The molecule has 0 aliphatic carbocycles. The van der Waals surface area contributed by atoms with Crippen LogP contribution in [0.25, 0.3) is 0 Å². The summed E-state index contributed by atoms with van der Waals surface area (Å²) >= 11 is 3.45. The second-order valence-corrected chi connectivity index (χ2v) is 6.34. The van der Waals surface area contributed by atoms with Crippen LogP contribution in [0.2, 0.25) is 0 Å². The molecule has 0 unspecified atom stereocenters. The number of ether oxygens (including phenoxy) is 1. The lowest BCUT2D eigenvalue weighted by Gasteiger charge is -2.24. The lowest BCUT2D eigenvalue weighted by molar-refractivity contribution is 0.415. The number of aliphatic imine (C=N–C) groups is 1. The second kappa shape index (κ2) is 6.57. The van der Waals surface area contributed by atoms with Gasteiger partial charge >= 0.3 is 0 Å². The molecule has 0 amide bonds. The predicted molar refractivity (Wildman–Crippen MR) is 101 cm³/mol. The van der Waals surface area contributed by atoms with Crippen molar-refractivity contribution in [3.05, 3.63) is 58.1 Å². The van der Waals surface area contributed by atoms with Crippen LogP contribution in [-0.4, -0.2) is 31.0 Å². The van der Waals surface area contributed by atoms with Gasteiger partial charge in [0.2, 0.25) is 0 Å². The molecule has 1 heterocycles. The molecule has 122 valence electrons. The highest BCUT2D eigenvalue weighted by Crippen LogP contribution is 2.31. The molecule has 5 nitrogen and oxygen atoms in total. The van der Waals surface area contributed by atoms with E-state index in [-0.39, 0.29) is 12.4 Å². The normalized spacial score (nSPS) is 13.9. The van der Waals surface area contributed by atoms with Crippen molar-refractivity contribution in [1.29, 1.82) is 10.8 Å². The van der Waals surface area contributed by atoms with Crippen LogP contribution in [0.1, 0.15) is 18.1 Å². The Bertz CT molecular complexity index is 843. The summed E-state index contributed by atoms with van der Waals surface area (Å²) in [7, 11) is 1.62. The highest BCUT2D eigenvalue weighted by Gasteiger charge is 2.24. The van der Waals surface area contributed by atoms with Gasteiger partial charge in [0, 0.05) is 15.6 Å². The molecule has 0 radical (unpaired) electrons. The lowest BCUT2D eigenvalue weighted by Crippen LogP contribution is -2.35. The Morgan fingerprint density at radius 3 is 2.54 bits per heavy atom. The third-order valence-electron chi connectivity index (χ3n) is 3.81. The summed E-state index contributed by atoms with van der Waals surface area (Å²) in [6.45, 7) is 1.89. The Kier molecular flexibility index (Phi) is 4.49. The second-order valence-electron chi connectivity index (χ2n) is 5.42. The summed E-state index contributed by atoms with van der Waals surface area (Å²) in [6, 6.07) is 13.5. The molecule has 0 saturated heterocycles. The Morgan fingerprint density at radius 2 is 1.92 bits per heavy atom. The van der Waals surface area contributed by atoms with Crippen LogP contribution in [0.4, 0.5) is 5.69 Å². The van der Waals surface area contributed by atoms with E-state index in [2.05, 4.69) is 20.9 Å². The Balaban J connectivity index is 2.23. The molecule has 0 bridgehead atoms. The van der Waals surface area contributed by atoms with Crippen molar-refractivity contribution in [1.82, 2.24) is 0 Å². The number of fused-ring (bicyclic) bond motifs is 1. The van der Waals surface area contributed by atoms with Gasteiger partial charge < -0.3 is 4.74 Å². The fourth-order valence-electron chi connectivity index (χ4n) is 2.72. The molecular weight excluding hydrogens is 368 g/mol. The quantitative estimate of drug-likeness (QED) is 0.604. The standard InChI is InChI=1S/C18H17BrN4O/c1-11(20)23-16-8-7-14(24-2)9-15(16)18(22-10-17(23)21)12-3-5-13(19)6-4-12/h3-9,20-21H,10H2,1-2H3. The average molecular weight is 385 g/mol. The third-order valence-corrected chi connectivity index (χ3v) is 4.34. The zero-order valence-corrected chi connectivity index (χ0v) is 15.0. The molecule has 3 rings (SSSR count). The molecular formula is C18H17BrN4O. The van der Waals surface area contributed by atoms with Gasteiger partial charge in [0.25, 0.3) is 0 Å². The van der Waals surface area contributed by atoms with Gasteiger partial charge in [-0.2, -0.15) is 0 Å². The Hall–Kier alpha value is -2.47. The zero-order chi connectivity index (χ0) is 17.3. The number of hydrogen-bond donors (Lipinski definition) is 2. The van der Waals surface area contributed by atoms with E-state index in [0.717, 1.165) is 32.7 Å². The summed E-state index contributed by atoms with van der Waals surface area (Å²) in [4.78, 5) is 6.25. The van der Waals surface area contributed by atoms with Gasteiger partial charge in [0.15, 0.2) is 0 Å². The van der Waals surface area contributed by atoms with E-state index in [0.29, 0.717) is 5.84 Å². The van der Waals surface area contributed by atoms with E-state index in [1.807, 2.05) is 42.5 Å². The van der Waals surface area contributed by atoms with Crippen LogP contribution in [0.5, 0.6) is 5.75 Å². The molecule has 0 saturated carbocycles. The molecule has 6 heteroatoms. The first-order valence-electron chi connectivity index (χ1n) is 7.42. The number of rotatable bonds is 2. The zero-order valence-electron chi connectivity index (χ0n) is 13.4. The first kappa shape index (κ1) is 16.4. The maximum atomic E-state index is 8.27. The van der Waals surface area contributed by atoms with Crippen LogP contribution in [-0.2, 0) is 0 Å². The number of hydrogen-bond acceptors (Lipinski definition) is 4. The Labute approximate surface area is 149 Å². The first-order valence-corrected chi connectivity index (χ1v) is 8.22. The number of nitrogens with one attached hydrogen (secondary N) is 2. The maximum absolute atomic E-state index is 8.27. The largest absolute Gasteiger partial charge is 0.497 e. The average Bonchev–Trinajstić information content (AvgIpc) is 2.71. The molecule has 0 aromatic heterocycles. The van der Waals surface area contributed by atoms with Crippen LogP contribution in [0.15, 0.2) is 51.9 Å². The summed E-state index contributed by atoms with van der Waals surface area (Å²) in [5, 5.41) is 16.3. The van der Waals surface area contributed by atoms with Crippen molar-refractivity contribution >= 4 is 39.0 Å². The number of benzene rings is 2. The summed E-state index contributed by atoms with van der Waals surface area (Å²) in [5.41, 5.74) is 3.38. The van der Waals surface area contributed by atoms with Crippen molar-refractivity contribution in [2.45, 2.75) is 6.92 Å². The third kappa shape index (κ3) is 2.97. The van der Waals surface area contributed by atoms with Gasteiger partial charge in [0.05, 0.1) is 25.1 Å².